The number of hydrogen-bond donors (Lipinski definition) is 0. The Bertz CT molecular complexity index is 342. The van der Waals surface area contributed by atoms with Gasteiger partial charge < -0.3 is 4.90 Å². The van der Waals surface area contributed by atoms with Gasteiger partial charge in [0.05, 0.1) is 0 Å². The van der Waals surface area contributed by atoms with E-state index >= 15 is 0 Å². The van der Waals surface area contributed by atoms with E-state index in [1.807, 2.05) is 11.8 Å². The lowest BCUT2D eigenvalue weighted by Crippen LogP contribution is -2.26. The molecule has 0 bridgehead atoms. The van der Waals surface area contributed by atoms with Crippen molar-refractivity contribution in [2.75, 3.05) is 23.3 Å². The molecule has 0 atom stereocenters. The fourth-order valence-corrected chi connectivity index (χ4v) is 2.40. The van der Waals surface area contributed by atoms with Gasteiger partial charge in [0.15, 0.2) is 0 Å². The number of hydrogen-bond acceptors (Lipinski definition) is 4. The first-order valence-electron chi connectivity index (χ1n) is 5.20. The maximum absolute atomic E-state index is 12.4. The summed E-state index contributed by atoms with van der Waals surface area (Å²) in [5.74, 6) is 0. The van der Waals surface area contributed by atoms with Gasteiger partial charge in [0.1, 0.15) is 0 Å². The minimum absolute atomic E-state index is 0.338. The highest BCUT2D eigenvalue weighted by atomic mass is 79.9. The molecule has 0 aliphatic heterocycles. The van der Waals surface area contributed by atoms with Crippen LogP contribution in [0.3, 0.4) is 0 Å². The van der Waals surface area contributed by atoms with Crippen LogP contribution in [0.2, 0.25) is 0 Å². The molecule has 8 heteroatoms. The van der Waals surface area contributed by atoms with Crippen molar-refractivity contribution >= 4 is 32.4 Å². The number of rotatable bonds is 6. The summed E-state index contributed by atoms with van der Waals surface area (Å²) in [4.78, 5) is 1.82. The fraction of sp³-hybridized carbons (Fsp3) is 0.778. The van der Waals surface area contributed by atoms with E-state index in [1.54, 1.807) is 0 Å². The largest absolute Gasteiger partial charge is 0.445 e. The summed E-state index contributed by atoms with van der Waals surface area (Å²) in [5, 5.41) is 6.94. The molecule has 0 aliphatic rings. The molecular formula is C9H13BrF3N3S. The zero-order valence-electron chi connectivity index (χ0n) is 9.30. The van der Waals surface area contributed by atoms with E-state index in [1.165, 1.54) is 0 Å². The van der Waals surface area contributed by atoms with Crippen LogP contribution in [0.15, 0.2) is 0 Å². The third-order valence-corrected chi connectivity index (χ3v) is 3.45. The van der Waals surface area contributed by atoms with Crippen LogP contribution < -0.4 is 4.90 Å². The van der Waals surface area contributed by atoms with Crippen molar-refractivity contribution < 1.29 is 13.2 Å². The molecule has 0 spiro atoms. The quantitative estimate of drug-likeness (QED) is 0.746. The van der Waals surface area contributed by atoms with Gasteiger partial charge in [0.25, 0.3) is 0 Å². The number of nitrogens with zero attached hydrogens (tertiary/aromatic N) is 3. The second-order valence-corrected chi connectivity index (χ2v) is 5.17. The highest BCUT2D eigenvalue weighted by Crippen LogP contribution is 2.34. The molecule has 0 amide bonds. The molecule has 0 unspecified atom stereocenters. The van der Waals surface area contributed by atoms with Crippen LogP contribution in [0.1, 0.15) is 24.8 Å². The molecule has 98 valence electrons. The second kappa shape index (κ2) is 6.53. The average molecular weight is 332 g/mol. The van der Waals surface area contributed by atoms with Crippen LogP contribution in [-0.2, 0) is 6.18 Å². The van der Waals surface area contributed by atoms with Crippen molar-refractivity contribution in [2.45, 2.75) is 25.9 Å². The Kier molecular flexibility index (Phi) is 5.64. The van der Waals surface area contributed by atoms with Crippen LogP contribution >= 0.6 is 27.3 Å². The Hall–Kier alpha value is -0.370. The molecule has 3 nitrogen and oxygen atoms in total. The smallest absolute Gasteiger partial charge is 0.346 e. The maximum Gasteiger partial charge on any atom is 0.445 e. The number of halogens is 4. The summed E-state index contributed by atoms with van der Waals surface area (Å²) < 4.78 is 37.1. The molecule has 0 radical (unpaired) electrons. The van der Waals surface area contributed by atoms with Crippen molar-refractivity contribution in [3.63, 3.8) is 0 Å². The Morgan fingerprint density at radius 3 is 2.47 bits per heavy atom. The average Bonchev–Trinajstić information content (AvgIpc) is 2.72. The predicted octanol–water partition coefficient (Wildman–Crippen LogP) is 3.56. The van der Waals surface area contributed by atoms with Crippen molar-refractivity contribution in [3.8, 4) is 0 Å². The van der Waals surface area contributed by atoms with Crippen molar-refractivity contribution in [1.82, 2.24) is 10.2 Å². The zero-order chi connectivity index (χ0) is 12.9. The minimum Gasteiger partial charge on any atom is -0.346 e. The molecule has 0 fully saturated rings. The molecule has 1 aromatic heterocycles. The zero-order valence-corrected chi connectivity index (χ0v) is 11.7. The van der Waals surface area contributed by atoms with E-state index in [4.69, 9.17) is 0 Å². The van der Waals surface area contributed by atoms with Crippen LogP contribution in [-0.4, -0.2) is 28.6 Å². The van der Waals surface area contributed by atoms with Crippen molar-refractivity contribution in [1.29, 1.82) is 0 Å². The van der Waals surface area contributed by atoms with Gasteiger partial charge in [-0.3, -0.25) is 0 Å². The van der Waals surface area contributed by atoms with Gasteiger partial charge >= 0.3 is 6.18 Å². The topological polar surface area (TPSA) is 29.0 Å². The van der Waals surface area contributed by atoms with Crippen LogP contribution in [0, 0.1) is 0 Å². The van der Waals surface area contributed by atoms with E-state index in [-0.39, 0.29) is 0 Å². The standard InChI is InChI=1S/C9H13BrF3N3S/c1-2-3-5-16(6-4-10)8-15-14-7(17-8)9(11,12)13/h2-6H2,1H3. The molecule has 1 heterocycles. The molecule has 0 aromatic carbocycles. The van der Waals surface area contributed by atoms with E-state index in [9.17, 15) is 13.2 Å². The van der Waals surface area contributed by atoms with Crippen LogP contribution in [0.4, 0.5) is 18.3 Å². The molecular weight excluding hydrogens is 319 g/mol. The van der Waals surface area contributed by atoms with E-state index in [2.05, 4.69) is 26.1 Å². The van der Waals surface area contributed by atoms with Gasteiger partial charge in [0, 0.05) is 18.4 Å². The predicted molar refractivity (Wildman–Crippen MR) is 65.8 cm³/mol. The summed E-state index contributed by atoms with van der Waals surface area (Å²) in [6, 6.07) is 0. The summed E-state index contributed by atoms with van der Waals surface area (Å²) in [6.07, 6.45) is -2.49. The Morgan fingerprint density at radius 1 is 1.29 bits per heavy atom. The van der Waals surface area contributed by atoms with Gasteiger partial charge in [-0.1, -0.05) is 40.6 Å². The third kappa shape index (κ3) is 4.42. The van der Waals surface area contributed by atoms with Gasteiger partial charge in [-0.15, -0.1) is 10.2 Å². The van der Waals surface area contributed by atoms with Gasteiger partial charge in [0.2, 0.25) is 10.1 Å². The fourth-order valence-electron chi connectivity index (χ4n) is 1.21. The Balaban J connectivity index is 2.76. The molecule has 0 N–H and O–H groups in total. The van der Waals surface area contributed by atoms with E-state index < -0.39 is 11.2 Å². The first-order chi connectivity index (χ1) is 7.99. The Labute approximate surface area is 110 Å². The number of unbranched alkanes of at least 4 members (excludes halogenated alkanes) is 1. The Morgan fingerprint density at radius 2 is 2.00 bits per heavy atom. The molecule has 1 rings (SSSR count). The number of anilines is 1. The van der Waals surface area contributed by atoms with E-state index in [0.29, 0.717) is 34.9 Å². The SMILES string of the molecule is CCCCN(CCBr)c1nnc(C(F)(F)F)s1. The van der Waals surface area contributed by atoms with Crippen molar-refractivity contribution in [2.24, 2.45) is 0 Å². The molecule has 17 heavy (non-hydrogen) atoms. The lowest BCUT2D eigenvalue weighted by molar-refractivity contribution is -0.138. The van der Waals surface area contributed by atoms with Gasteiger partial charge in [-0.2, -0.15) is 13.2 Å². The van der Waals surface area contributed by atoms with Gasteiger partial charge in [-0.05, 0) is 6.42 Å². The lowest BCUT2D eigenvalue weighted by Gasteiger charge is -2.19. The molecule has 0 saturated carbocycles. The minimum atomic E-state index is -4.40. The molecule has 0 aliphatic carbocycles. The lowest BCUT2D eigenvalue weighted by atomic mass is 10.3. The third-order valence-electron chi connectivity index (χ3n) is 2.06. The van der Waals surface area contributed by atoms with E-state index in [0.717, 1.165) is 12.8 Å². The summed E-state index contributed by atoms with van der Waals surface area (Å²) in [7, 11) is 0. The highest BCUT2D eigenvalue weighted by molar-refractivity contribution is 9.09. The van der Waals surface area contributed by atoms with Gasteiger partial charge in [-0.25, -0.2) is 0 Å². The normalized spacial score (nSPS) is 11.8. The summed E-state index contributed by atoms with van der Waals surface area (Å²) in [5.41, 5.74) is 0. The monoisotopic (exact) mass is 331 g/mol. The van der Waals surface area contributed by atoms with Crippen LogP contribution in [0.25, 0.3) is 0 Å². The van der Waals surface area contributed by atoms with Crippen molar-refractivity contribution in [3.05, 3.63) is 5.01 Å². The first-order valence-corrected chi connectivity index (χ1v) is 7.14. The highest BCUT2D eigenvalue weighted by Gasteiger charge is 2.36. The number of alkyl halides is 4. The molecule has 1 aromatic rings. The summed E-state index contributed by atoms with van der Waals surface area (Å²) in [6.45, 7) is 3.37. The maximum atomic E-state index is 12.4. The first kappa shape index (κ1) is 14.7. The number of aromatic nitrogens is 2. The second-order valence-electron chi connectivity index (χ2n) is 3.42. The van der Waals surface area contributed by atoms with Crippen LogP contribution in [0.5, 0.6) is 0 Å². The molecule has 0 saturated heterocycles. The summed E-state index contributed by atoms with van der Waals surface area (Å²) >= 11 is 3.87.